The van der Waals surface area contributed by atoms with Crippen LogP contribution in [0.25, 0.3) is 0 Å². The van der Waals surface area contributed by atoms with Crippen molar-refractivity contribution in [1.82, 2.24) is 0 Å². The third-order valence-corrected chi connectivity index (χ3v) is 8.59. The summed E-state index contributed by atoms with van der Waals surface area (Å²) in [6, 6.07) is 0. The highest BCUT2D eigenvalue weighted by molar-refractivity contribution is 7.47. The SMILES string of the molecule is CCCCCC/C=C/C=C/CCCCCCCC(=O)O[C@H](COC(=O)CCCCCCCCCCC)COP(=O)(O)OC[C@@H](O)CO. The number of hydrogen-bond donors (Lipinski definition) is 3. The monoisotopic (exact) mass is 690 g/mol. The lowest BCUT2D eigenvalue weighted by molar-refractivity contribution is -0.161. The zero-order chi connectivity index (χ0) is 34.9. The molecule has 1 unspecified atom stereocenters. The molecule has 0 aromatic heterocycles. The summed E-state index contributed by atoms with van der Waals surface area (Å²) < 4.78 is 32.5. The maximum Gasteiger partial charge on any atom is 0.472 e. The van der Waals surface area contributed by atoms with Gasteiger partial charge >= 0.3 is 19.8 Å². The Morgan fingerprint density at radius 1 is 0.638 bits per heavy atom. The van der Waals surface area contributed by atoms with Gasteiger partial charge in [-0.2, -0.15) is 0 Å². The van der Waals surface area contributed by atoms with Crippen LogP contribution < -0.4 is 0 Å². The molecule has 11 heteroatoms. The number of carbonyl (C=O) groups is 2. The van der Waals surface area contributed by atoms with Gasteiger partial charge in [0.15, 0.2) is 6.10 Å². The maximum atomic E-state index is 12.5. The highest BCUT2D eigenvalue weighted by atomic mass is 31.2. The largest absolute Gasteiger partial charge is 0.472 e. The molecule has 0 saturated heterocycles. The molecule has 10 nitrogen and oxygen atoms in total. The molecule has 0 aliphatic carbocycles. The van der Waals surface area contributed by atoms with E-state index in [9.17, 15) is 24.2 Å². The second-order valence-corrected chi connectivity index (χ2v) is 13.7. The predicted octanol–water partition coefficient (Wildman–Crippen LogP) is 8.66. The zero-order valence-electron chi connectivity index (χ0n) is 29.5. The van der Waals surface area contributed by atoms with Gasteiger partial charge in [-0.25, -0.2) is 4.57 Å². The quantitative estimate of drug-likeness (QED) is 0.0259. The lowest BCUT2D eigenvalue weighted by atomic mass is 10.1. The van der Waals surface area contributed by atoms with Crippen molar-refractivity contribution in [2.24, 2.45) is 0 Å². The Bertz CT molecular complexity index is 848. The van der Waals surface area contributed by atoms with Crippen LogP contribution in [0.3, 0.4) is 0 Å². The second-order valence-electron chi connectivity index (χ2n) is 12.3. The number of esters is 2. The Morgan fingerprint density at radius 3 is 1.62 bits per heavy atom. The summed E-state index contributed by atoms with van der Waals surface area (Å²) in [6.45, 7) is 2.30. The van der Waals surface area contributed by atoms with Crippen LogP contribution in [0.15, 0.2) is 24.3 Å². The summed E-state index contributed by atoms with van der Waals surface area (Å²) >= 11 is 0. The number of rotatable bonds is 34. The second kappa shape index (κ2) is 33.0. The summed E-state index contributed by atoms with van der Waals surface area (Å²) in [5.74, 6) is -0.945. The fourth-order valence-corrected chi connectivity index (χ4v) is 5.54. The molecular weight excluding hydrogens is 623 g/mol. The number of unbranched alkanes of at least 4 members (excludes halogenated alkanes) is 17. The summed E-state index contributed by atoms with van der Waals surface area (Å²) in [5, 5.41) is 18.2. The molecule has 0 rings (SSSR count). The van der Waals surface area contributed by atoms with Gasteiger partial charge in [-0.05, 0) is 38.5 Å². The molecule has 0 saturated carbocycles. The minimum atomic E-state index is -4.61. The van der Waals surface area contributed by atoms with Crippen molar-refractivity contribution < 1.29 is 47.8 Å². The van der Waals surface area contributed by atoms with Crippen LogP contribution >= 0.6 is 7.82 Å². The van der Waals surface area contributed by atoms with E-state index in [0.717, 1.165) is 57.8 Å². The van der Waals surface area contributed by atoms with E-state index < -0.39 is 51.8 Å². The third-order valence-electron chi connectivity index (χ3n) is 7.64. The standard InChI is InChI=1S/C36H67O10P/c1-3-5-7-9-11-13-14-15-16-17-18-20-22-24-26-28-36(40)46-34(32-45-47(41,42)44-30-33(38)29-37)31-43-35(39)27-25-23-21-19-12-10-8-6-4-2/h13-16,33-34,37-38H,3-12,17-32H2,1-2H3,(H,41,42)/b14-13+,16-15+/t33-,34+/m0/s1. The van der Waals surface area contributed by atoms with E-state index in [1.54, 1.807) is 0 Å². The van der Waals surface area contributed by atoms with Gasteiger partial charge in [0.2, 0.25) is 0 Å². The highest BCUT2D eigenvalue weighted by Gasteiger charge is 2.27. The summed E-state index contributed by atoms with van der Waals surface area (Å²) in [6.07, 6.45) is 28.7. The first-order valence-corrected chi connectivity index (χ1v) is 19.8. The molecular formula is C36H67O10P. The molecule has 0 spiro atoms. The normalized spacial score (nSPS) is 14.4. The van der Waals surface area contributed by atoms with E-state index in [2.05, 4.69) is 42.7 Å². The molecule has 0 bridgehead atoms. The topological polar surface area (TPSA) is 149 Å². The first-order chi connectivity index (χ1) is 22.7. The Kier molecular flexibility index (Phi) is 31.9. The van der Waals surface area contributed by atoms with E-state index in [-0.39, 0.29) is 19.4 Å². The van der Waals surface area contributed by atoms with Crippen molar-refractivity contribution in [3.8, 4) is 0 Å². The molecule has 47 heavy (non-hydrogen) atoms. The highest BCUT2D eigenvalue weighted by Crippen LogP contribution is 2.43. The van der Waals surface area contributed by atoms with Gasteiger partial charge in [-0.3, -0.25) is 18.6 Å². The lowest BCUT2D eigenvalue weighted by Crippen LogP contribution is -2.29. The lowest BCUT2D eigenvalue weighted by Gasteiger charge is -2.20. The average molecular weight is 691 g/mol. The zero-order valence-corrected chi connectivity index (χ0v) is 30.4. The number of aliphatic hydroxyl groups is 2. The molecule has 0 fully saturated rings. The molecule has 0 aliphatic rings. The Morgan fingerprint density at radius 2 is 1.09 bits per heavy atom. The van der Waals surface area contributed by atoms with Crippen LogP contribution in [-0.2, 0) is 32.7 Å². The number of phosphoric acid groups is 1. The van der Waals surface area contributed by atoms with Crippen LogP contribution in [0.5, 0.6) is 0 Å². The third kappa shape index (κ3) is 32.8. The molecule has 0 radical (unpaired) electrons. The van der Waals surface area contributed by atoms with Gasteiger partial charge in [-0.15, -0.1) is 0 Å². The number of phosphoric ester groups is 1. The first kappa shape index (κ1) is 45.5. The van der Waals surface area contributed by atoms with Gasteiger partial charge in [0, 0.05) is 12.8 Å². The van der Waals surface area contributed by atoms with Gasteiger partial charge < -0.3 is 24.6 Å². The van der Waals surface area contributed by atoms with Crippen molar-refractivity contribution in [3.05, 3.63) is 24.3 Å². The van der Waals surface area contributed by atoms with Gasteiger partial charge in [0.25, 0.3) is 0 Å². The van der Waals surface area contributed by atoms with Gasteiger partial charge in [0.1, 0.15) is 12.7 Å². The van der Waals surface area contributed by atoms with E-state index in [1.165, 1.54) is 57.8 Å². The van der Waals surface area contributed by atoms with Crippen molar-refractivity contribution >= 4 is 19.8 Å². The average Bonchev–Trinajstić information content (AvgIpc) is 3.05. The molecule has 3 N–H and O–H groups in total. The van der Waals surface area contributed by atoms with Crippen LogP contribution in [0.1, 0.15) is 155 Å². The number of carbonyl (C=O) groups excluding carboxylic acids is 2. The minimum absolute atomic E-state index is 0.168. The molecule has 0 aromatic rings. The molecule has 0 aromatic carbocycles. The number of aliphatic hydroxyl groups excluding tert-OH is 2. The molecule has 0 amide bonds. The van der Waals surface area contributed by atoms with E-state index in [1.807, 2.05) is 0 Å². The van der Waals surface area contributed by atoms with E-state index in [0.29, 0.717) is 12.8 Å². The van der Waals surface area contributed by atoms with E-state index in [4.69, 9.17) is 19.1 Å². The molecule has 276 valence electrons. The van der Waals surface area contributed by atoms with Crippen LogP contribution in [0, 0.1) is 0 Å². The van der Waals surface area contributed by atoms with Crippen molar-refractivity contribution in [2.75, 3.05) is 26.4 Å². The van der Waals surface area contributed by atoms with Crippen LogP contribution in [0.2, 0.25) is 0 Å². The summed E-state index contributed by atoms with van der Waals surface area (Å²) in [7, 11) is -4.61. The molecule has 0 heterocycles. The maximum absolute atomic E-state index is 12.5. The van der Waals surface area contributed by atoms with Gasteiger partial charge in [-0.1, -0.05) is 128 Å². The van der Waals surface area contributed by atoms with Crippen molar-refractivity contribution in [2.45, 2.75) is 167 Å². The van der Waals surface area contributed by atoms with Gasteiger partial charge in [0.05, 0.1) is 19.8 Å². The number of ether oxygens (including phenoxy) is 2. The van der Waals surface area contributed by atoms with Crippen molar-refractivity contribution in [1.29, 1.82) is 0 Å². The Hall–Kier alpha value is -1.55. The van der Waals surface area contributed by atoms with Crippen molar-refractivity contribution in [3.63, 3.8) is 0 Å². The predicted molar refractivity (Wildman–Crippen MR) is 187 cm³/mol. The van der Waals surface area contributed by atoms with Crippen LogP contribution in [0.4, 0.5) is 0 Å². The number of allylic oxidation sites excluding steroid dienone is 4. The van der Waals surface area contributed by atoms with E-state index >= 15 is 0 Å². The molecule has 3 atom stereocenters. The summed E-state index contributed by atoms with van der Waals surface area (Å²) in [4.78, 5) is 34.7. The first-order valence-electron chi connectivity index (χ1n) is 18.3. The molecule has 0 aliphatic heterocycles. The fraction of sp³-hybridized carbons (Fsp3) is 0.833. The Balaban J connectivity index is 4.41. The fourth-order valence-electron chi connectivity index (χ4n) is 4.75. The van der Waals surface area contributed by atoms with Crippen LogP contribution in [-0.4, -0.2) is 65.7 Å². The number of hydrogen-bond acceptors (Lipinski definition) is 9. The minimum Gasteiger partial charge on any atom is -0.462 e. The summed E-state index contributed by atoms with van der Waals surface area (Å²) in [5.41, 5.74) is 0. The Labute approximate surface area is 285 Å². The smallest absolute Gasteiger partial charge is 0.462 e.